The Bertz CT molecular complexity index is 339. The minimum atomic E-state index is -4.29. The van der Waals surface area contributed by atoms with Gasteiger partial charge in [0.15, 0.2) is 6.29 Å². The number of ether oxygens (including phenoxy) is 1. The van der Waals surface area contributed by atoms with Gasteiger partial charge >= 0.3 is 6.18 Å². The molecule has 0 bridgehead atoms. The SMILES string of the molecule is OC(O)C1=CC(Cl)=C(OCCC(F)(F)F)NC1. The summed E-state index contributed by atoms with van der Waals surface area (Å²) in [7, 11) is 0. The van der Waals surface area contributed by atoms with Gasteiger partial charge in [-0.25, -0.2) is 0 Å². The van der Waals surface area contributed by atoms with E-state index in [2.05, 4.69) is 5.32 Å². The van der Waals surface area contributed by atoms with E-state index in [1.54, 1.807) is 0 Å². The Balaban J connectivity index is 2.52. The van der Waals surface area contributed by atoms with Crippen LogP contribution in [-0.2, 0) is 4.74 Å². The molecule has 0 amide bonds. The molecule has 0 spiro atoms. The molecule has 0 aromatic heterocycles. The zero-order chi connectivity index (χ0) is 13.1. The third kappa shape index (κ3) is 4.84. The van der Waals surface area contributed by atoms with Gasteiger partial charge in [-0.1, -0.05) is 11.6 Å². The molecule has 17 heavy (non-hydrogen) atoms. The average molecular weight is 274 g/mol. The Morgan fingerprint density at radius 2 is 2.12 bits per heavy atom. The van der Waals surface area contributed by atoms with Crippen LogP contribution in [0.4, 0.5) is 13.2 Å². The molecule has 0 radical (unpaired) electrons. The predicted octanol–water partition coefficient (Wildman–Crippen LogP) is 1.20. The lowest BCUT2D eigenvalue weighted by atomic mass is 10.2. The van der Waals surface area contributed by atoms with Crippen molar-refractivity contribution >= 4 is 11.6 Å². The zero-order valence-electron chi connectivity index (χ0n) is 8.59. The van der Waals surface area contributed by atoms with Gasteiger partial charge < -0.3 is 20.3 Å². The van der Waals surface area contributed by atoms with Gasteiger partial charge in [-0.05, 0) is 6.08 Å². The average Bonchev–Trinajstić information content (AvgIpc) is 2.18. The monoisotopic (exact) mass is 273 g/mol. The number of halogens is 4. The van der Waals surface area contributed by atoms with Crippen molar-refractivity contribution in [2.24, 2.45) is 0 Å². The molecule has 8 heteroatoms. The summed E-state index contributed by atoms with van der Waals surface area (Å²) in [6.07, 6.45) is -5.79. The summed E-state index contributed by atoms with van der Waals surface area (Å²) in [4.78, 5) is 0. The number of hydrogen-bond donors (Lipinski definition) is 3. The van der Waals surface area contributed by atoms with Crippen LogP contribution in [0.2, 0.25) is 0 Å². The zero-order valence-corrected chi connectivity index (χ0v) is 9.35. The summed E-state index contributed by atoms with van der Waals surface area (Å²) in [5, 5.41) is 20.2. The molecule has 1 rings (SSSR count). The molecule has 0 aliphatic carbocycles. The molecule has 1 aliphatic rings. The molecule has 1 heterocycles. The van der Waals surface area contributed by atoms with Crippen molar-refractivity contribution in [1.82, 2.24) is 5.32 Å². The predicted molar refractivity (Wildman–Crippen MR) is 53.8 cm³/mol. The van der Waals surface area contributed by atoms with Crippen molar-refractivity contribution in [1.29, 1.82) is 0 Å². The molecule has 1 aliphatic heterocycles. The summed E-state index contributed by atoms with van der Waals surface area (Å²) in [6.45, 7) is -0.498. The van der Waals surface area contributed by atoms with Crippen molar-refractivity contribution in [3.63, 3.8) is 0 Å². The van der Waals surface area contributed by atoms with E-state index in [9.17, 15) is 13.2 Å². The van der Waals surface area contributed by atoms with Crippen LogP contribution in [0, 0.1) is 0 Å². The van der Waals surface area contributed by atoms with Crippen molar-refractivity contribution < 1.29 is 28.1 Å². The third-order valence-corrected chi connectivity index (χ3v) is 2.23. The van der Waals surface area contributed by atoms with E-state index in [0.29, 0.717) is 0 Å². The minimum Gasteiger partial charge on any atom is -0.478 e. The van der Waals surface area contributed by atoms with E-state index in [4.69, 9.17) is 26.6 Å². The fourth-order valence-electron chi connectivity index (χ4n) is 1.10. The molecule has 0 atom stereocenters. The second-order valence-corrected chi connectivity index (χ2v) is 3.74. The van der Waals surface area contributed by atoms with Gasteiger partial charge in [0, 0.05) is 12.1 Å². The molecule has 0 aromatic carbocycles. The van der Waals surface area contributed by atoms with Gasteiger partial charge in [-0.15, -0.1) is 0 Å². The quantitative estimate of drug-likeness (QED) is 0.674. The highest BCUT2D eigenvalue weighted by Gasteiger charge is 2.27. The summed E-state index contributed by atoms with van der Waals surface area (Å²) < 4.78 is 40.4. The Hall–Kier alpha value is -0.920. The minimum absolute atomic E-state index is 0.000293. The van der Waals surface area contributed by atoms with Gasteiger partial charge in [0.05, 0.1) is 13.0 Å². The van der Waals surface area contributed by atoms with Crippen LogP contribution in [-0.4, -0.2) is 35.8 Å². The first-order valence-electron chi connectivity index (χ1n) is 4.69. The maximum Gasteiger partial charge on any atom is 0.392 e. The smallest absolute Gasteiger partial charge is 0.392 e. The number of aliphatic hydroxyl groups excluding tert-OH is 1. The van der Waals surface area contributed by atoms with Crippen LogP contribution in [0.15, 0.2) is 22.6 Å². The lowest BCUT2D eigenvalue weighted by Gasteiger charge is -2.20. The standard InChI is InChI=1S/C9H11ClF3NO3/c10-6-3-5(8(15)16)4-14-7(6)17-2-1-9(11,12)13/h3,8,14-16H,1-2,4H2. The van der Waals surface area contributed by atoms with Crippen LogP contribution in [0.25, 0.3) is 0 Å². The molecule has 3 N–H and O–H groups in total. The number of alkyl halides is 3. The van der Waals surface area contributed by atoms with E-state index in [-0.39, 0.29) is 23.0 Å². The summed E-state index contributed by atoms with van der Waals surface area (Å²) in [6, 6.07) is 0. The summed E-state index contributed by atoms with van der Waals surface area (Å²) in [5.41, 5.74) is 0.207. The van der Waals surface area contributed by atoms with Crippen LogP contribution >= 0.6 is 11.6 Å². The lowest BCUT2D eigenvalue weighted by molar-refractivity contribution is -0.142. The molecular formula is C9H11ClF3NO3. The highest BCUT2D eigenvalue weighted by atomic mass is 35.5. The second kappa shape index (κ2) is 5.61. The third-order valence-electron chi connectivity index (χ3n) is 1.95. The fraction of sp³-hybridized carbons (Fsp3) is 0.556. The Morgan fingerprint density at radius 3 is 2.59 bits per heavy atom. The first-order valence-corrected chi connectivity index (χ1v) is 5.07. The van der Waals surface area contributed by atoms with Crippen molar-refractivity contribution in [3.8, 4) is 0 Å². The van der Waals surface area contributed by atoms with Crippen molar-refractivity contribution in [2.75, 3.05) is 13.2 Å². The lowest BCUT2D eigenvalue weighted by Crippen LogP contribution is -2.28. The first-order chi connectivity index (χ1) is 7.79. The number of aliphatic hydroxyl groups is 2. The summed E-state index contributed by atoms with van der Waals surface area (Å²) in [5.74, 6) is 0.000293. The first kappa shape index (κ1) is 14.1. The van der Waals surface area contributed by atoms with Crippen LogP contribution < -0.4 is 5.32 Å². The highest BCUT2D eigenvalue weighted by Crippen LogP contribution is 2.22. The summed E-state index contributed by atoms with van der Waals surface area (Å²) >= 11 is 5.68. The fourth-order valence-corrected chi connectivity index (χ4v) is 1.36. The number of hydrogen-bond acceptors (Lipinski definition) is 4. The molecular weight excluding hydrogens is 263 g/mol. The molecule has 0 fully saturated rings. The number of nitrogens with one attached hydrogen (secondary N) is 1. The normalized spacial score (nSPS) is 17.0. The van der Waals surface area contributed by atoms with Gasteiger partial charge in [-0.3, -0.25) is 0 Å². The van der Waals surface area contributed by atoms with Crippen LogP contribution in [0.3, 0.4) is 0 Å². The molecule has 0 unspecified atom stereocenters. The largest absolute Gasteiger partial charge is 0.478 e. The molecule has 4 nitrogen and oxygen atoms in total. The Morgan fingerprint density at radius 1 is 1.47 bits per heavy atom. The highest BCUT2D eigenvalue weighted by molar-refractivity contribution is 6.31. The Labute approximate surface area is 100 Å². The van der Waals surface area contributed by atoms with Crippen LogP contribution in [0.1, 0.15) is 6.42 Å². The van der Waals surface area contributed by atoms with Gasteiger partial charge in [-0.2, -0.15) is 13.2 Å². The van der Waals surface area contributed by atoms with E-state index in [0.717, 1.165) is 0 Å². The van der Waals surface area contributed by atoms with Crippen LogP contribution in [0.5, 0.6) is 0 Å². The molecule has 98 valence electrons. The number of allylic oxidation sites excluding steroid dienone is 2. The Kier molecular flexibility index (Phi) is 4.67. The maximum atomic E-state index is 11.8. The number of dihydropyridines is 1. The van der Waals surface area contributed by atoms with Gasteiger partial charge in [0.2, 0.25) is 5.88 Å². The maximum absolute atomic E-state index is 11.8. The van der Waals surface area contributed by atoms with Gasteiger partial charge in [0.25, 0.3) is 0 Å². The molecule has 0 aromatic rings. The van der Waals surface area contributed by atoms with E-state index in [1.165, 1.54) is 6.08 Å². The van der Waals surface area contributed by atoms with E-state index < -0.39 is 25.5 Å². The number of rotatable bonds is 4. The molecule has 0 saturated carbocycles. The second-order valence-electron chi connectivity index (χ2n) is 3.34. The van der Waals surface area contributed by atoms with E-state index >= 15 is 0 Å². The van der Waals surface area contributed by atoms with Crippen molar-refractivity contribution in [2.45, 2.75) is 18.9 Å². The van der Waals surface area contributed by atoms with Gasteiger partial charge in [0.1, 0.15) is 5.03 Å². The topological polar surface area (TPSA) is 61.7 Å². The molecule has 0 saturated heterocycles. The van der Waals surface area contributed by atoms with Crippen molar-refractivity contribution in [3.05, 3.63) is 22.6 Å². The van der Waals surface area contributed by atoms with E-state index in [1.807, 2.05) is 0 Å².